The normalized spacial score (nSPS) is 10.6. The monoisotopic (exact) mass is 283 g/mol. The molecule has 0 saturated heterocycles. The van der Waals surface area contributed by atoms with Crippen LogP contribution in [-0.2, 0) is 0 Å². The van der Waals surface area contributed by atoms with Crippen molar-refractivity contribution in [3.05, 3.63) is 42.0 Å². The number of aryl methyl sites for hydroxylation is 2. The lowest BCUT2D eigenvalue weighted by molar-refractivity contribution is 0.435. The summed E-state index contributed by atoms with van der Waals surface area (Å²) >= 11 is 0. The van der Waals surface area contributed by atoms with Gasteiger partial charge in [0.15, 0.2) is 0 Å². The Hall–Kier alpha value is -3.03. The van der Waals surface area contributed by atoms with Gasteiger partial charge in [-0.2, -0.15) is 24.7 Å². The molecular weight excluding hydrogens is 270 g/mol. The van der Waals surface area contributed by atoms with Crippen molar-refractivity contribution in [2.75, 3.05) is 5.73 Å². The minimum Gasteiger partial charge on any atom is -0.424 e. The second-order valence-electron chi connectivity index (χ2n) is 4.49. The average Bonchev–Trinajstić information content (AvgIpc) is 2.96. The summed E-state index contributed by atoms with van der Waals surface area (Å²) in [5.41, 5.74) is 7.74. The van der Waals surface area contributed by atoms with E-state index in [1.54, 1.807) is 0 Å². The molecule has 0 unspecified atom stereocenters. The molecule has 0 atom stereocenters. The molecule has 0 bridgehead atoms. The Balaban J connectivity index is 1.97. The van der Waals surface area contributed by atoms with Crippen LogP contribution in [0.25, 0.3) is 5.95 Å². The molecule has 2 aromatic heterocycles. The largest absolute Gasteiger partial charge is 0.424 e. The molecule has 0 fully saturated rings. The molecule has 0 aliphatic carbocycles. The van der Waals surface area contributed by atoms with Gasteiger partial charge < -0.3 is 10.5 Å². The third kappa shape index (κ3) is 2.78. The number of nitrogens with two attached hydrogens (primary N) is 1. The molecule has 8 heteroatoms. The Morgan fingerprint density at radius 2 is 2.00 bits per heavy atom. The summed E-state index contributed by atoms with van der Waals surface area (Å²) in [6.45, 7) is 3.92. The number of rotatable bonds is 3. The average molecular weight is 283 g/mol. The first-order valence-electron chi connectivity index (χ1n) is 6.23. The van der Waals surface area contributed by atoms with Crippen LogP contribution < -0.4 is 10.5 Å². The van der Waals surface area contributed by atoms with E-state index in [1.807, 2.05) is 32.0 Å². The zero-order valence-electron chi connectivity index (χ0n) is 11.6. The van der Waals surface area contributed by atoms with E-state index in [9.17, 15) is 0 Å². The lowest BCUT2D eigenvalue weighted by Gasteiger charge is -2.09. The smallest absolute Gasteiger partial charge is 0.328 e. The van der Waals surface area contributed by atoms with Gasteiger partial charge in [-0.05, 0) is 31.0 Å². The first-order valence-corrected chi connectivity index (χ1v) is 6.23. The number of aromatic nitrogens is 6. The summed E-state index contributed by atoms with van der Waals surface area (Å²) in [5.74, 6) is 0.973. The van der Waals surface area contributed by atoms with Gasteiger partial charge in [0.2, 0.25) is 5.95 Å². The summed E-state index contributed by atoms with van der Waals surface area (Å²) in [4.78, 5) is 16.0. The van der Waals surface area contributed by atoms with E-state index in [1.165, 1.54) is 17.3 Å². The minimum atomic E-state index is 0.0517. The first-order chi connectivity index (χ1) is 10.1. The van der Waals surface area contributed by atoms with Crippen LogP contribution in [0.15, 0.2) is 30.9 Å². The Morgan fingerprint density at radius 3 is 2.76 bits per heavy atom. The van der Waals surface area contributed by atoms with Gasteiger partial charge >= 0.3 is 6.01 Å². The number of ether oxygens (including phenoxy) is 1. The van der Waals surface area contributed by atoms with E-state index in [-0.39, 0.29) is 17.9 Å². The maximum absolute atomic E-state index is 5.71. The van der Waals surface area contributed by atoms with Crippen molar-refractivity contribution in [2.24, 2.45) is 0 Å². The number of nitrogens with zero attached hydrogens (tertiary/aromatic N) is 6. The van der Waals surface area contributed by atoms with Gasteiger partial charge in [-0.15, -0.1) is 0 Å². The zero-order chi connectivity index (χ0) is 14.8. The van der Waals surface area contributed by atoms with Gasteiger partial charge in [-0.3, -0.25) is 0 Å². The maximum Gasteiger partial charge on any atom is 0.328 e. The van der Waals surface area contributed by atoms with Crippen LogP contribution in [0.5, 0.6) is 11.8 Å². The van der Waals surface area contributed by atoms with E-state index >= 15 is 0 Å². The Morgan fingerprint density at radius 1 is 1.14 bits per heavy atom. The molecule has 0 saturated carbocycles. The van der Waals surface area contributed by atoms with Crippen LogP contribution in [0.3, 0.4) is 0 Å². The highest BCUT2D eigenvalue weighted by molar-refractivity contribution is 5.38. The van der Waals surface area contributed by atoms with Crippen LogP contribution in [-0.4, -0.2) is 29.7 Å². The van der Waals surface area contributed by atoms with Crippen LogP contribution in [0.2, 0.25) is 0 Å². The topological polar surface area (TPSA) is 105 Å². The molecule has 1 aromatic carbocycles. The van der Waals surface area contributed by atoms with Crippen molar-refractivity contribution >= 4 is 5.95 Å². The summed E-state index contributed by atoms with van der Waals surface area (Å²) in [5, 5.41) is 3.95. The Bertz CT molecular complexity index is 770. The molecule has 106 valence electrons. The fourth-order valence-corrected chi connectivity index (χ4v) is 1.74. The van der Waals surface area contributed by atoms with Crippen molar-refractivity contribution < 1.29 is 4.74 Å². The summed E-state index contributed by atoms with van der Waals surface area (Å²) in [6.07, 6.45) is 2.85. The molecule has 3 rings (SSSR count). The molecule has 3 aromatic rings. The highest BCUT2D eigenvalue weighted by atomic mass is 16.5. The van der Waals surface area contributed by atoms with Gasteiger partial charge in [-0.1, -0.05) is 12.1 Å². The third-order valence-corrected chi connectivity index (χ3v) is 2.79. The molecular formula is C13H13N7O. The van der Waals surface area contributed by atoms with Gasteiger partial charge in [0.05, 0.1) is 0 Å². The number of hydrogen-bond donors (Lipinski definition) is 1. The molecule has 0 amide bonds. The molecule has 0 aliphatic rings. The third-order valence-electron chi connectivity index (χ3n) is 2.79. The van der Waals surface area contributed by atoms with Crippen LogP contribution >= 0.6 is 0 Å². The lowest BCUT2D eigenvalue weighted by Crippen LogP contribution is -2.08. The van der Waals surface area contributed by atoms with E-state index in [0.29, 0.717) is 5.75 Å². The van der Waals surface area contributed by atoms with Crippen LogP contribution in [0, 0.1) is 13.8 Å². The lowest BCUT2D eigenvalue weighted by atomic mass is 10.1. The quantitative estimate of drug-likeness (QED) is 0.775. The molecule has 2 N–H and O–H groups in total. The van der Waals surface area contributed by atoms with Gasteiger partial charge in [0, 0.05) is 0 Å². The van der Waals surface area contributed by atoms with Crippen LogP contribution in [0.1, 0.15) is 11.1 Å². The van der Waals surface area contributed by atoms with E-state index in [4.69, 9.17) is 10.5 Å². The molecule has 2 heterocycles. The zero-order valence-corrected chi connectivity index (χ0v) is 11.6. The van der Waals surface area contributed by atoms with E-state index < -0.39 is 0 Å². The molecule has 8 nitrogen and oxygen atoms in total. The SMILES string of the molecule is Cc1ccc(C)c(Oc2nc(N)nc(-n3cncn3)n2)c1. The van der Waals surface area contributed by atoms with Gasteiger partial charge in [0.25, 0.3) is 5.95 Å². The fourth-order valence-electron chi connectivity index (χ4n) is 1.74. The van der Waals surface area contributed by atoms with Crippen molar-refractivity contribution in [3.8, 4) is 17.7 Å². The molecule has 0 spiro atoms. The minimum absolute atomic E-state index is 0.0517. The van der Waals surface area contributed by atoms with Gasteiger partial charge in [0.1, 0.15) is 18.4 Å². The Labute approximate surface area is 120 Å². The molecule has 21 heavy (non-hydrogen) atoms. The van der Waals surface area contributed by atoms with Crippen molar-refractivity contribution in [1.82, 2.24) is 29.7 Å². The van der Waals surface area contributed by atoms with Crippen molar-refractivity contribution in [1.29, 1.82) is 0 Å². The number of hydrogen-bond acceptors (Lipinski definition) is 7. The standard InChI is InChI=1S/C13H13N7O/c1-8-3-4-9(2)10(5-8)21-13-18-11(14)17-12(19-13)20-7-15-6-16-20/h3-7H,1-2H3,(H2,14,17,18,19). The number of anilines is 1. The Kier molecular flexibility index (Phi) is 3.19. The predicted molar refractivity (Wildman–Crippen MR) is 75.1 cm³/mol. The van der Waals surface area contributed by atoms with Crippen molar-refractivity contribution in [3.63, 3.8) is 0 Å². The first kappa shape index (κ1) is 13.0. The number of benzene rings is 1. The summed E-state index contributed by atoms with van der Waals surface area (Å²) in [7, 11) is 0. The van der Waals surface area contributed by atoms with E-state index in [0.717, 1.165) is 11.1 Å². The highest BCUT2D eigenvalue weighted by Crippen LogP contribution is 2.24. The summed E-state index contributed by atoms with van der Waals surface area (Å²) < 4.78 is 7.09. The van der Waals surface area contributed by atoms with E-state index in [2.05, 4.69) is 25.0 Å². The second kappa shape index (κ2) is 5.16. The van der Waals surface area contributed by atoms with Crippen LogP contribution in [0.4, 0.5) is 5.95 Å². The predicted octanol–water partition coefficient (Wildman–Crippen LogP) is 1.44. The highest BCUT2D eigenvalue weighted by Gasteiger charge is 2.10. The fraction of sp³-hybridized carbons (Fsp3) is 0.154. The molecule has 0 radical (unpaired) electrons. The second-order valence-corrected chi connectivity index (χ2v) is 4.49. The molecule has 0 aliphatic heterocycles. The number of nitrogen functional groups attached to an aromatic ring is 1. The summed E-state index contributed by atoms with van der Waals surface area (Å²) in [6, 6.07) is 5.99. The maximum atomic E-state index is 5.71. The van der Waals surface area contributed by atoms with Crippen molar-refractivity contribution in [2.45, 2.75) is 13.8 Å². The van der Waals surface area contributed by atoms with Gasteiger partial charge in [-0.25, -0.2) is 4.98 Å².